The Bertz CT molecular complexity index is 136. The number of hydrogen-bond donors (Lipinski definition) is 2. The molecule has 12 heavy (non-hydrogen) atoms. The highest BCUT2D eigenvalue weighted by Gasteiger charge is 2.17. The molecular weight excluding hydrogens is 154 g/mol. The molecule has 0 amide bonds. The molecule has 3 heteroatoms. The maximum atomic E-state index is 10.4. The van der Waals surface area contributed by atoms with E-state index in [1.165, 1.54) is 0 Å². The van der Waals surface area contributed by atoms with E-state index in [0.717, 1.165) is 12.8 Å². The van der Waals surface area contributed by atoms with Crippen LogP contribution in [0.25, 0.3) is 0 Å². The summed E-state index contributed by atoms with van der Waals surface area (Å²) in [7, 11) is 0. The van der Waals surface area contributed by atoms with Gasteiger partial charge in [0, 0.05) is 6.42 Å². The smallest absolute Gasteiger partial charge is 0.303 e. The van der Waals surface area contributed by atoms with Crippen molar-refractivity contribution in [2.24, 2.45) is 17.6 Å². The van der Waals surface area contributed by atoms with Gasteiger partial charge in [-0.3, -0.25) is 4.79 Å². The molecule has 2 unspecified atom stereocenters. The first kappa shape index (κ1) is 11.4. The average Bonchev–Trinajstić information content (AvgIpc) is 2.00. The minimum Gasteiger partial charge on any atom is -0.481 e. The molecule has 0 saturated heterocycles. The second kappa shape index (κ2) is 6.00. The van der Waals surface area contributed by atoms with Crippen LogP contribution in [-0.4, -0.2) is 17.6 Å². The fraction of sp³-hybridized carbons (Fsp3) is 0.889. The Morgan fingerprint density at radius 3 is 2.50 bits per heavy atom. The molecule has 3 nitrogen and oxygen atoms in total. The first-order valence-electron chi connectivity index (χ1n) is 4.53. The van der Waals surface area contributed by atoms with E-state index in [4.69, 9.17) is 10.8 Å². The lowest BCUT2D eigenvalue weighted by molar-refractivity contribution is -0.138. The van der Waals surface area contributed by atoms with Crippen LogP contribution in [0.5, 0.6) is 0 Å². The number of carbonyl (C=O) groups is 1. The maximum absolute atomic E-state index is 10.4. The maximum Gasteiger partial charge on any atom is 0.303 e. The van der Waals surface area contributed by atoms with Gasteiger partial charge in [0.05, 0.1) is 0 Å². The summed E-state index contributed by atoms with van der Waals surface area (Å²) < 4.78 is 0. The quantitative estimate of drug-likeness (QED) is 0.639. The third-order valence-corrected chi connectivity index (χ3v) is 2.29. The predicted octanol–water partition coefficient (Wildman–Crippen LogP) is 1.47. The largest absolute Gasteiger partial charge is 0.481 e. The number of rotatable bonds is 6. The molecule has 0 aromatic rings. The fourth-order valence-electron chi connectivity index (χ4n) is 1.43. The number of nitrogens with two attached hydrogens (primary N) is 1. The molecule has 0 fully saturated rings. The Labute approximate surface area is 74.0 Å². The van der Waals surface area contributed by atoms with Gasteiger partial charge in [0.25, 0.3) is 0 Å². The Balaban J connectivity index is 3.86. The van der Waals surface area contributed by atoms with Gasteiger partial charge in [-0.05, 0) is 18.4 Å². The monoisotopic (exact) mass is 173 g/mol. The first-order chi connectivity index (χ1) is 5.61. The highest BCUT2D eigenvalue weighted by Crippen LogP contribution is 2.19. The Morgan fingerprint density at radius 2 is 2.17 bits per heavy atom. The Morgan fingerprint density at radius 1 is 1.58 bits per heavy atom. The zero-order valence-electron chi connectivity index (χ0n) is 7.92. The van der Waals surface area contributed by atoms with E-state index in [1.54, 1.807) is 0 Å². The molecule has 0 heterocycles. The summed E-state index contributed by atoms with van der Waals surface area (Å²) in [4.78, 5) is 10.4. The summed E-state index contributed by atoms with van der Waals surface area (Å²) in [5.74, 6) is -0.174. The van der Waals surface area contributed by atoms with Gasteiger partial charge >= 0.3 is 5.97 Å². The van der Waals surface area contributed by atoms with Crippen LogP contribution in [0.1, 0.15) is 33.1 Å². The van der Waals surface area contributed by atoms with Crippen LogP contribution in [0, 0.1) is 11.8 Å². The van der Waals surface area contributed by atoms with Gasteiger partial charge in [0.15, 0.2) is 0 Å². The summed E-state index contributed by atoms with van der Waals surface area (Å²) >= 11 is 0. The second-order valence-electron chi connectivity index (χ2n) is 3.36. The molecule has 0 aliphatic rings. The molecule has 0 aromatic heterocycles. The summed E-state index contributed by atoms with van der Waals surface area (Å²) in [6, 6.07) is 0. The van der Waals surface area contributed by atoms with Crippen LogP contribution in [0.4, 0.5) is 0 Å². The fourth-order valence-corrected chi connectivity index (χ4v) is 1.43. The highest BCUT2D eigenvalue weighted by molar-refractivity contribution is 5.67. The average molecular weight is 173 g/mol. The lowest BCUT2D eigenvalue weighted by Gasteiger charge is -2.19. The first-order valence-corrected chi connectivity index (χ1v) is 4.53. The molecule has 0 aliphatic carbocycles. The van der Waals surface area contributed by atoms with Crippen molar-refractivity contribution in [1.29, 1.82) is 0 Å². The molecule has 0 aliphatic heterocycles. The normalized spacial score (nSPS) is 15.6. The van der Waals surface area contributed by atoms with Crippen LogP contribution in [-0.2, 0) is 4.79 Å². The number of hydrogen-bond acceptors (Lipinski definition) is 2. The van der Waals surface area contributed by atoms with Crippen molar-refractivity contribution >= 4 is 5.97 Å². The molecule has 0 radical (unpaired) electrons. The van der Waals surface area contributed by atoms with Gasteiger partial charge in [0.1, 0.15) is 0 Å². The predicted molar refractivity (Wildman–Crippen MR) is 48.9 cm³/mol. The van der Waals surface area contributed by atoms with Crippen LogP contribution in [0.2, 0.25) is 0 Å². The number of carboxylic acids is 1. The molecule has 2 atom stereocenters. The van der Waals surface area contributed by atoms with Crippen molar-refractivity contribution in [1.82, 2.24) is 0 Å². The SMILES string of the molecule is CCCC(C)C(CN)CC(=O)O. The zero-order valence-corrected chi connectivity index (χ0v) is 7.92. The van der Waals surface area contributed by atoms with Crippen molar-refractivity contribution in [2.75, 3.05) is 6.54 Å². The van der Waals surface area contributed by atoms with Crippen LogP contribution in [0.15, 0.2) is 0 Å². The molecule has 0 aromatic carbocycles. The van der Waals surface area contributed by atoms with Crippen molar-refractivity contribution in [3.8, 4) is 0 Å². The van der Waals surface area contributed by atoms with Crippen molar-refractivity contribution in [2.45, 2.75) is 33.1 Å². The van der Waals surface area contributed by atoms with Crippen LogP contribution < -0.4 is 5.73 Å². The second-order valence-corrected chi connectivity index (χ2v) is 3.36. The highest BCUT2D eigenvalue weighted by atomic mass is 16.4. The van der Waals surface area contributed by atoms with Gasteiger partial charge in [0.2, 0.25) is 0 Å². The van der Waals surface area contributed by atoms with Gasteiger partial charge in [-0.2, -0.15) is 0 Å². The van der Waals surface area contributed by atoms with E-state index >= 15 is 0 Å². The minimum atomic E-state index is -0.742. The molecule has 72 valence electrons. The third-order valence-electron chi connectivity index (χ3n) is 2.29. The van der Waals surface area contributed by atoms with E-state index in [2.05, 4.69) is 13.8 Å². The lowest BCUT2D eigenvalue weighted by atomic mass is 9.88. The summed E-state index contributed by atoms with van der Waals surface area (Å²) in [6.45, 7) is 4.66. The van der Waals surface area contributed by atoms with Crippen LogP contribution >= 0.6 is 0 Å². The van der Waals surface area contributed by atoms with E-state index in [1.807, 2.05) is 0 Å². The minimum absolute atomic E-state index is 0.141. The molecule has 0 saturated carbocycles. The van der Waals surface area contributed by atoms with Crippen molar-refractivity contribution in [3.63, 3.8) is 0 Å². The molecule has 0 rings (SSSR count). The Hall–Kier alpha value is -0.570. The zero-order chi connectivity index (χ0) is 9.56. The molecule has 0 bridgehead atoms. The van der Waals surface area contributed by atoms with E-state index in [9.17, 15) is 4.79 Å². The molecule has 0 spiro atoms. The molecular formula is C9H19NO2. The summed E-state index contributed by atoms with van der Waals surface area (Å²) in [5.41, 5.74) is 5.49. The Kier molecular flexibility index (Phi) is 5.72. The van der Waals surface area contributed by atoms with Crippen molar-refractivity contribution in [3.05, 3.63) is 0 Å². The lowest BCUT2D eigenvalue weighted by Crippen LogP contribution is -2.24. The van der Waals surface area contributed by atoms with Gasteiger partial charge in [-0.1, -0.05) is 26.7 Å². The van der Waals surface area contributed by atoms with E-state index < -0.39 is 5.97 Å². The standard InChI is InChI=1S/C9H19NO2/c1-3-4-7(2)8(6-10)5-9(11)12/h7-8H,3-6,10H2,1-2H3,(H,11,12). The summed E-state index contributed by atoms with van der Waals surface area (Å²) in [5, 5.41) is 8.58. The third kappa shape index (κ3) is 4.34. The van der Waals surface area contributed by atoms with Gasteiger partial charge < -0.3 is 10.8 Å². The van der Waals surface area contributed by atoms with Crippen molar-refractivity contribution < 1.29 is 9.90 Å². The van der Waals surface area contributed by atoms with E-state index in [0.29, 0.717) is 12.5 Å². The van der Waals surface area contributed by atoms with E-state index in [-0.39, 0.29) is 12.3 Å². The topological polar surface area (TPSA) is 63.3 Å². The van der Waals surface area contributed by atoms with Gasteiger partial charge in [-0.25, -0.2) is 0 Å². The van der Waals surface area contributed by atoms with Gasteiger partial charge in [-0.15, -0.1) is 0 Å². The summed E-state index contributed by atoms with van der Waals surface area (Å²) in [6.07, 6.45) is 2.37. The van der Waals surface area contributed by atoms with Crippen LogP contribution in [0.3, 0.4) is 0 Å². The number of carboxylic acid groups (broad SMARTS) is 1. The molecule has 3 N–H and O–H groups in total. The number of aliphatic carboxylic acids is 1.